The van der Waals surface area contributed by atoms with E-state index in [-0.39, 0.29) is 11.9 Å². The highest BCUT2D eigenvalue weighted by molar-refractivity contribution is 6.30. The molecule has 2 aliphatic rings. The number of nitrogens with one attached hydrogen (secondary N) is 1. The Labute approximate surface area is 177 Å². The molecule has 156 valence electrons. The number of aromatic nitrogens is 1. The van der Waals surface area contributed by atoms with E-state index >= 15 is 0 Å². The third-order valence-electron chi connectivity index (χ3n) is 5.84. The molecule has 1 amide bonds. The van der Waals surface area contributed by atoms with Gasteiger partial charge in [0.25, 0.3) is 5.91 Å². The third kappa shape index (κ3) is 5.81. The summed E-state index contributed by atoms with van der Waals surface area (Å²) in [5.41, 5.74) is 1.64. The lowest BCUT2D eigenvalue weighted by atomic mass is 9.95. The van der Waals surface area contributed by atoms with Crippen LogP contribution in [0.4, 0.5) is 0 Å². The molecule has 2 fully saturated rings. The quantitative estimate of drug-likeness (QED) is 0.777. The number of carbonyl (C=O) groups excluding carboxylic acids is 1. The number of hydrogen-bond donors (Lipinski definition) is 1. The van der Waals surface area contributed by atoms with Crippen molar-refractivity contribution in [2.75, 3.05) is 26.2 Å². The second kappa shape index (κ2) is 9.74. The number of oxazole rings is 1. The van der Waals surface area contributed by atoms with Crippen molar-refractivity contribution in [3.05, 3.63) is 52.7 Å². The fraction of sp³-hybridized carbons (Fsp3) is 0.545. The topological polar surface area (TPSA) is 61.6 Å². The molecule has 1 saturated heterocycles. The van der Waals surface area contributed by atoms with Gasteiger partial charge in [0.15, 0.2) is 5.69 Å². The summed E-state index contributed by atoms with van der Waals surface area (Å²) in [6.45, 7) is 5.43. The van der Waals surface area contributed by atoms with E-state index in [1.165, 1.54) is 31.1 Å². The fourth-order valence-corrected chi connectivity index (χ4v) is 4.40. The Morgan fingerprint density at radius 3 is 2.55 bits per heavy atom. The maximum absolute atomic E-state index is 12.4. The van der Waals surface area contributed by atoms with Gasteiger partial charge in [-0.15, -0.1) is 0 Å². The summed E-state index contributed by atoms with van der Waals surface area (Å²) in [5.74, 6) is 0.500. The average molecular weight is 417 g/mol. The summed E-state index contributed by atoms with van der Waals surface area (Å²) in [4.78, 5) is 21.6. The third-order valence-corrected chi connectivity index (χ3v) is 6.08. The summed E-state index contributed by atoms with van der Waals surface area (Å²) >= 11 is 6.08. The average Bonchev–Trinajstić information content (AvgIpc) is 3.19. The van der Waals surface area contributed by atoms with Crippen LogP contribution in [0.25, 0.3) is 0 Å². The van der Waals surface area contributed by atoms with Crippen molar-refractivity contribution in [2.24, 2.45) is 0 Å². The Hall–Kier alpha value is -1.89. The number of rotatable bonds is 6. The van der Waals surface area contributed by atoms with Crippen LogP contribution in [0.2, 0.25) is 5.02 Å². The van der Waals surface area contributed by atoms with Crippen LogP contribution in [0.3, 0.4) is 0 Å². The van der Waals surface area contributed by atoms with Gasteiger partial charge in [-0.25, -0.2) is 4.98 Å². The number of benzene rings is 1. The Morgan fingerprint density at radius 1 is 1.10 bits per heavy atom. The first-order chi connectivity index (χ1) is 14.2. The minimum atomic E-state index is -0.113. The Morgan fingerprint density at radius 2 is 1.83 bits per heavy atom. The summed E-state index contributed by atoms with van der Waals surface area (Å²) < 4.78 is 5.57. The van der Waals surface area contributed by atoms with Crippen LogP contribution in [0.1, 0.15) is 54.0 Å². The van der Waals surface area contributed by atoms with Crippen LogP contribution in [-0.4, -0.2) is 52.9 Å². The van der Waals surface area contributed by atoms with E-state index in [2.05, 4.69) is 26.2 Å². The Balaban J connectivity index is 1.23. The highest BCUT2D eigenvalue weighted by atomic mass is 35.5. The molecule has 2 heterocycles. The van der Waals surface area contributed by atoms with Crippen molar-refractivity contribution in [2.45, 2.75) is 51.2 Å². The number of carbonyl (C=O) groups is 1. The zero-order chi connectivity index (χ0) is 20.1. The van der Waals surface area contributed by atoms with E-state index in [4.69, 9.17) is 16.0 Å². The first-order valence-corrected chi connectivity index (χ1v) is 11.0. The van der Waals surface area contributed by atoms with E-state index < -0.39 is 0 Å². The van der Waals surface area contributed by atoms with Crippen LogP contribution < -0.4 is 5.32 Å². The van der Waals surface area contributed by atoms with Crippen LogP contribution in [0.15, 0.2) is 34.9 Å². The summed E-state index contributed by atoms with van der Waals surface area (Å²) in [5, 5.41) is 3.88. The molecule has 0 bridgehead atoms. The molecule has 1 aliphatic heterocycles. The van der Waals surface area contributed by atoms with E-state index in [0.29, 0.717) is 18.1 Å². The largest absolute Gasteiger partial charge is 0.447 e. The van der Waals surface area contributed by atoms with Crippen molar-refractivity contribution in [3.63, 3.8) is 0 Å². The molecule has 0 atom stereocenters. The summed E-state index contributed by atoms with van der Waals surface area (Å²) in [6, 6.07) is 8.33. The van der Waals surface area contributed by atoms with Gasteiger partial charge in [-0.3, -0.25) is 14.6 Å². The molecule has 7 heteroatoms. The van der Waals surface area contributed by atoms with Gasteiger partial charge in [0.05, 0.1) is 6.54 Å². The molecule has 0 unspecified atom stereocenters. The number of piperazine rings is 1. The van der Waals surface area contributed by atoms with Gasteiger partial charge < -0.3 is 9.73 Å². The van der Waals surface area contributed by atoms with Gasteiger partial charge in [0.1, 0.15) is 6.26 Å². The zero-order valence-corrected chi connectivity index (χ0v) is 17.5. The van der Waals surface area contributed by atoms with Gasteiger partial charge >= 0.3 is 0 Å². The molecular weight excluding hydrogens is 388 g/mol. The monoisotopic (exact) mass is 416 g/mol. The minimum absolute atomic E-state index is 0.113. The molecule has 1 saturated carbocycles. The first kappa shape index (κ1) is 20.4. The molecule has 4 rings (SSSR count). The molecule has 1 N–H and O–H groups in total. The lowest BCUT2D eigenvalue weighted by Crippen LogP contribution is -2.45. The highest BCUT2D eigenvalue weighted by Crippen LogP contribution is 2.18. The van der Waals surface area contributed by atoms with Crippen LogP contribution in [-0.2, 0) is 13.1 Å². The van der Waals surface area contributed by atoms with Gasteiger partial charge in [-0.2, -0.15) is 0 Å². The van der Waals surface area contributed by atoms with E-state index in [1.807, 2.05) is 18.2 Å². The molecule has 1 aliphatic carbocycles. The van der Waals surface area contributed by atoms with Gasteiger partial charge in [-0.05, 0) is 30.5 Å². The van der Waals surface area contributed by atoms with Gasteiger partial charge in [-0.1, -0.05) is 43.0 Å². The standard InChI is InChI=1S/C22H29ClN4O2/c23-18-6-4-5-17(13-18)14-26-9-11-27(12-10-26)15-21-25-20(16-29-21)22(28)24-19-7-2-1-3-8-19/h4-6,13,16,19H,1-3,7-12,14-15H2,(H,24,28). The van der Waals surface area contributed by atoms with Crippen molar-refractivity contribution in [3.8, 4) is 0 Å². The maximum Gasteiger partial charge on any atom is 0.273 e. The van der Waals surface area contributed by atoms with Gasteiger partial charge in [0, 0.05) is 43.8 Å². The van der Waals surface area contributed by atoms with Crippen LogP contribution in [0.5, 0.6) is 0 Å². The predicted molar refractivity (Wildman–Crippen MR) is 113 cm³/mol. The smallest absolute Gasteiger partial charge is 0.273 e. The molecule has 2 aromatic rings. The second-order valence-electron chi connectivity index (χ2n) is 8.12. The predicted octanol–water partition coefficient (Wildman–Crippen LogP) is 3.71. The molecule has 0 spiro atoms. The Kier molecular flexibility index (Phi) is 6.85. The van der Waals surface area contributed by atoms with Crippen molar-refractivity contribution in [1.82, 2.24) is 20.1 Å². The first-order valence-electron chi connectivity index (χ1n) is 10.6. The minimum Gasteiger partial charge on any atom is -0.447 e. The van der Waals surface area contributed by atoms with E-state index in [9.17, 15) is 4.79 Å². The number of hydrogen-bond acceptors (Lipinski definition) is 5. The number of amides is 1. The van der Waals surface area contributed by atoms with Crippen LogP contribution in [0, 0.1) is 0 Å². The van der Waals surface area contributed by atoms with Gasteiger partial charge in [0.2, 0.25) is 5.89 Å². The molecule has 29 heavy (non-hydrogen) atoms. The summed E-state index contributed by atoms with van der Waals surface area (Å²) in [6.07, 6.45) is 7.28. The molecule has 6 nitrogen and oxygen atoms in total. The summed E-state index contributed by atoms with van der Waals surface area (Å²) in [7, 11) is 0. The van der Waals surface area contributed by atoms with Crippen molar-refractivity contribution < 1.29 is 9.21 Å². The number of halogens is 1. The molecule has 1 aromatic heterocycles. The second-order valence-corrected chi connectivity index (χ2v) is 8.55. The zero-order valence-electron chi connectivity index (χ0n) is 16.8. The van der Waals surface area contributed by atoms with E-state index in [1.54, 1.807) is 0 Å². The Bertz CT molecular complexity index is 811. The van der Waals surface area contributed by atoms with E-state index in [0.717, 1.165) is 50.6 Å². The normalized spacial score (nSPS) is 19.3. The van der Waals surface area contributed by atoms with Crippen molar-refractivity contribution in [1.29, 1.82) is 0 Å². The number of nitrogens with zero attached hydrogens (tertiary/aromatic N) is 3. The molecule has 0 radical (unpaired) electrons. The fourth-order valence-electron chi connectivity index (χ4n) is 4.18. The van der Waals surface area contributed by atoms with Crippen LogP contribution >= 0.6 is 11.6 Å². The lowest BCUT2D eigenvalue weighted by molar-refractivity contribution is 0.0922. The molecular formula is C22H29ClN4O2. The van der Waals surface area contributed by atoms with Crippen molar-refractivity contribution >= 4 is 17.5 Å². The maximum atomic E-state index is 12.4. The molecule has 1 aromatic carbocycles. The highest BCUT2D eigenvalue weighted by Gasteiger charge is 2.21. The lowest BCUT2D eigenvalue weighted by Gasteiger charge is -2.34. The SMILES string of the molecule is O=C(NC1CCCCC1)c1coc(CN2CCN(Cc3cccc(Cl)c3)CC2)n1.